The van der Waals surface area contributed by atoms with Crippen molar-refractivity contribution in [3.05, 3.63) is 47.8 Å². The lowest BCUT2D eigenvalue weighted by Gasteiger charge is -2.16. The zero-order valence-electron chi connectivity index (χ0n) is 12.6. The van der Waals surface area contributed by atoms with Crippen LogP contribution in [0, 0.1) is 0 Å². The molecule has 0 bridgehead atoms. The third-order valence-corrected chi connectivity index (χ3v) is 3.56. The van der Waals surface area contributed by atoms with Crippen LogP contribution in [-0.2, 0) is 0 Å². The SMILES string of the molecule is CC(C)c1n[nH]c2cnc(NC(CO)c3ccccc3)nc12. The highest BCUT2D eigenvalue weighted by molar-refractivity contribution is 5.77. The van der Waals surface area contributed by atoms with E-state index in [9.17, 15) is 5.11 Å². The lowest BCUT2D eigenvalue weighted by atomic mass is 10.1. The quantitative estimate of drug-likeness (QED) is 0.674. The lowest BCUT2D eigenvalue weighted by molar-refractivity contribution is 0.276. The zero-order valence-corrected chi connectivity index (χ0v) is 12.6. The lowest BCUT2D eigenvalue weighted by Crippen LogP contribution is -2.16. The summed E-state index contributed by atoms with van der Waals surface area (Å²) in [6.07, 6.45) is 1.71. The van der Waals surface area contributed by atoms with Crippen LogP contribution in [0.2, 0.25) is 0 Å². The molecule has 1 atom stereocenters. The standard InChI is InChI=1S/C16H19N5O/c1-10(2)14-15-12(20-21-14)8-17-16(19-15)18-13(9-22)11-6-4-3-5-7-11/h3-8,10,13,22H,9H2,1-2H3,(H,20,21)(H,17,18,19). The van der Waals surface area contributed by atoms with Crippen LogP contribution < -0.4 is 5.32 Å². The van der Waals surface area contributed by atoms with Gasteiger partial charge in [0.1, 0.15) is 11.0 Å². The van der Waals surface area contributed by atoms with Crippen molar-refractivity contribution < 1.29 is 5.11 Å². The van der Waals surface area contributed by atoms with E-state index in [2.05, 4.69) is 39.3 Å². The molecule has 0 radical (unpaired) electrons. The first-order chi connectivity index (χ1) is 10.7. The summed E-state index contributed by atoms with van der Waals surface area (Å²) in [7, 11) is 0. The first-order valence-electron chi connectivity index (χ1n) is 7.32. The first kappa shape index (κ1) is 14.5. The third kappa shape index (κ3) is 2.78. The van der Waals surface area contributed by atoms with Gasteiger partial charge in [0.15, 0.2) is 0 Å². The van der Waals surface area contributed by atoms with Crippen LogP contribution in [0.1, 0.15) is 37.1 Å². The molecule has 6 heteroatoms. The minimum atomic E-state index is -0.243. The number of H-pyrrole nitrogens is 1. The molecule has 0 aliphatic rings. The average Bonchev–Trinajstić information content (AvgIpc) is 2.96. The van der Waals surface area contributed by atoms with Crippen LogP contribution in [0.4, 0.5) is 5.95 Å². The van der Waals surface area contributed by atoms with E-state index in [1.807, 2.05) is 30.3 Å². The molecule has 0 aliphatic heterocycles. The molecule has 1 aromatic carbocycles. The number of anilines is 1. The van der Waals surface area contributed by atoms with Gasteiger partial charge in [-0.05, 0) is 11.5 Å². The molecule has 6 nitrogen and oxygen atoms in total. The van der Waals surface area contributed by atoms with Crippen LogP contribution in [-0.4, -0.2) is 31.9 Å². The van der Waals surface area contributed by atoms with Gasteiger partial charge in [0.25, 0.3) is 0 Å². The molecule has 0 spiro atoms. The van der Waals surface area contributed by atoms with Gasteiger partial charge in [-0.2, -0.15) is 5.10 Å². The third-order valence-electron chi connectivity index (χ3n) is 3.56. The zero-order chi connectivity index (χ0) is 15.5. The highest BCUT2D eigenvalue weighted by Crippen LogP contribution is 2.23. The van der Waals surface area contributed by atoms with Crippen LogP contribution >= 0.6 is 0 Å². The van der Waals surface area contributed by atoms with Crippen molar-refractivity contribution in [3.63, 3.8) is 0 Å². The van der Waals surface area contributed by atoms with E-state index in [0.717, 1.165) is 22.3 Å². The molecule has 114 valence electrons. The molecule has 3 aromatic rings. The van der Waals surface area contributed by atoms with E-state index in [0.29, 0.717) is 5.95 Å². The number of nitrogens with one attached hydrogen (secondary N) is 2. The largest absolute Gasteiger partial charge is 0.394 e. The maximum Gasteiger partial charge on any atom is 0.223 e. The fraction of sp³-hybridized carbons (Fsp3) is 0.312. The number of fused-ring (bicyclic) bond motifs is 1. The number of aliphatic hydroxyl groups excluding tert-OH is 1. The van der Waals surface area contributed by atoms with Gasteiger partial charge < -0.3 is 10.4 Å². The minimum absolute atomic E-state index is 0.0339. The number of nitrogens with zero attached hydrogens (tertiary/aromatic N) is 3. The van der Waals surface area contributed by atoms with Crippen molar-refractivity contribution in [3.8, 4) is 0 Å². The molecule has 2 aromatic heterocycles. The Hall–Kier alpha value is -2.47. The van der Waals surface area contributed by atoms with Crippen LogP contribution in [0.25, 0.3) is 11.0 Å². The molecule has 0 saturated heterocycles. The summed E-state index contributed by atoms with van der Waals surface area (Å²) in [6.45, 7) is 4.12. The van der Waals surface area contributed by atoms with Gasteiger partial charge in [-0.25, -0.2) is 9.97 Å². The highest BCUT2D eigenvalue weighted by Gasteiger charge is 2.15. The fourth-order valence-electron chi connectivity index (χ4n) is 2.38. The molecule has 0 fully saturated rings. The average molecular weight is 297 g/mol. The number of aliphatic hydroxyl groups is 1. The summed E-state index contributed by atoms with van der Waals surface area (Å²) < 4.78 is 0. The first-order valence-corrected chi connectivity index (χ1v) is 7.32. The molecule has 3 N–H and O–H groups in total. The summed E-state index contributed by atoms with van der Waals surface area (Å²) in [5, 5.41) is 20.0. The summed E-state index contributed by atoms with van der Waals surface area (Å²) >= 11 is 0. The second-order valence-electron chi connectivity index (χ2n) is 5.51. The van der Waals surface area contributed by atoms with Gasteiger partial charge in [-0.3, -0.25) is 5.10 Å². The summed E-state index contributed by atoms with van der Waals surface area (Å²) in [5.74, 6) is 0.762. The Labute approximate surface area is 128 Å². The fourth-order valence-corrected chi connectivity index (χ4v) is 2.38. The van der Waals surface area contributed by atoms with Crippen molar-refractivity contribution in [2.24, 2.45) is 0 Å². The van der Waals surface area contributed by atoms with Crippen LogP contribution in [0.5, 0.6) is 0 Å². The van der Waals surface area contributed by atoms with Gasteiger partial charge in [0, 0.05) is 0 Å². The second kappa shape index (κ2) is 6.11. The summed E-state index contributed by atoms with van der Waals surface area (Å²) in [4.78, 5) is 8.83. The van der Waals surface area contributed by atoms with Gasteiger partial charge in [0.05, 0.1) is 24.5 Å². The van der Waals surface area contributed by atoms with Crippen molar-refractivity contribution in [2.75, 3.05) is 11.9 Å². The Morgan fingerprint density at radius 2 is 2.00 bits per heavy atom. The molecule has 0 saturated carbocycles. The van der Waals surface area contributed by atoms with E-state index < -0.39 is 0 Å². The summed E-state index contributed by atoms with van der Waals surface area (Å²) in [5.41, 5.74) is 3.54. The Morgan fingerprint density at radius 3 is 2.68 bits per heavy atom. The Kier molecular flexibility index (Phi) is 4.02. The normalized spacial score (nSPS) is 12.7. The van der Waals surface area contributed by atoms with Crippen molar-refractivity contribution in [2.45, 2.75) is 25.8 Å². The van der Waals surface area contributed by atoms with Crippen molar-refractivity contribution in [1.29, 1.82) is 0 Å². The molecule has 0 amide bonds. The van der Waals surface area contributed by atoms with Crippen LogP contribution in [0.15, 0.2) is 36.5 Å². The monoisotopic (exact) mass is 297 g/mol. The van der Waals surface area contributed by atoms with E-state index in [4.69, 9.17) is 0 Å². The second-order valence-corrected chi connectivity index (χ2v) is 5.51. The number of aromatic nitrogens is 4. The smallest absolute Gasteiger partial charge is 0.223 e. The molecule has 2 heterocycles. The van der Waals surface area contributed by atoms with E-state index in [-0.39, 0.29) is 18.6 Å². The Balaban J connectivity index is 1.91. The molecule has 22 heavy (non-hydrogen) atoms. The molecule has 0 aliphatic carbocycles. The number of hydrogen-bond donors (Lipinski definition) is 3. The van der Waals surface area contributed by atoms with Gasteiger partial charge in [0.2, 0.25) is 5.95 Å². The highest BCUT2D eigenvalue weighted by atomic mass is 16.3. The number of benzene rings is 1. The van der Waals surface area contributed by atoms with Crippen molar-refractivity contribution in [1.82, 2.24) is 20.2 Å². The molecule has 3 rings (SSSR count). The van der Waals surface area contributed by atoms with Gasteiger partial charge in [-0.1, -0.05) is 44.2 Å². The van der Waals surface area contributed by atoms with E-state index in [1.54, 1.807) is 6.20 Å². The predicted molar refractivity (Wildman–Crippen MR) is 85.7 cm³/mol. The van der Waals surface area contributed by atoms with Gasteiger partial charge in [-0.15, -0.1) is 0 Å². The molecular weight excluding hydrogens is 278 g/mol. The van der Waals surface area contributed by atoms with E-state index in [1.165, 1.54) is 0 Å². The van der Waals surface area contributed by atoms with Crippen LogP contribution in [0.3, 0.4) is 0 Å². The van der Waals surface area contributed by atoms with Crippen molar-refractivity contribution >= 4 is 17.0 Å². The maximum absolute atomic E-state index is 9.62. The van der Waals surface area contributed by atoms with E-state index >= 15 is 0 Å². The Morgan fingerprint density at radius 1 is 1.23 bits per heavy atom. The maximum atomic E-state index is 9.62. The minimum Gasteiger partial charge on any atom is -0.394 e. The molecule has 1 unspecified atom stereocenters. The van der Waals surface area contributed by atoms with Gasteiger partial charge >= 0.3 is 0 Å². The topological polar surface area (TPSA) is 86.7 Å². The predicted octanol–water partition coefficient (Wildman–Crippen LogP) is 2.62. The molecular formula is C16H19N5O. The number of aromatic amines is 1. The number of hydrogen-bond acceptors (Lipinski definition) is 5. The summed E-state index contributed by atoms with van der Waals surface area (Å²) in [6, 6.07) is 9.51. The Bertz CT molecular complexity index is 754. The number of rotatable bonds is 5.